The monoisotopic (exact) mass is 251 g/mol. The first-order valence-corrected chi connectivity index (χ1v) is 7.84. The fourth-order valence-corrected chi connectivity index (χ4v) is 2.69. The van der Waals surface area contributed by atoms with Gasteiger partial charge < -0.3 is 5.32 Å². The smallest absolute Gasteiger partial charge is 0.0198 e. The van der Waals surface area contributed by atoms with Crippen molar-refractivity contribution in [3.8, 4) is 0 Å². The van der Waals surface area contributed by atoms with Crippen LogP contribution >= 0.6 is 11.8 Å². The molecule has 0 saturated carbocycles. The number of hydrogen-bond acceptors (Lipinski definition) is 2. The number of hydrogen-bond donors (Lipinski definition) is 1. The third-order valence-corrected chi connectivity index (χ3v) is 3.98. The topological polar surface area (TPSA) is 12.0 Å². The molecule has 0 fully saturated rings. The Kier molecular flexibility index (Phi) is 7.38. The molecule has 0 saturated heterocycles. The summed E-state index contributed by atoms with van der Waals surface area (Å²) < 4.78 is 0. The Labute approximate surface area is 110 Å². The lowest BCUT2D eigenvalue weighted by molar-refractivity contribution is 0.572. The van der Waals surface area contributed by atoms with Gasteiger partial charge in [0.05, 0.1) is 0 Å². The molecule has 1 aromatic carbocycles. The molecule has 2 heteroatoms. The summed E-state index contributed by atoms with van der Waals surface area (Å²) in [6, 6.07) is 9.67. The summed E-state index contributed by atoms with van der Waals surface area (Å²) in [7, 11) is 0. The number of nitrogens with one attached hydrogen (secondary N) is 1. The zero-order chi connectivity index (χ0) is 12.5. The Morgan fingerprint density at radius 1 is 1.06 bits per heavy atom. The number of likely N-dealkylation sites (N-methyl/N-ethyl adjacent to an activating group) is 1. The van der Waals surface area contributed by atoms with E-state index in [1.807, 2.05) is 11.8 Å². The van der Waals surface area contributed by atoms with Gasteiger partial charge in [0.25, 0.3) is 0 Å². The van der Waals surface area contributed by atoms with Crippen molar-refractivity contribution >= 4 is 11.8 Å². The fourth-order valence-electron chi connectivity index (χ4n) is 1.93. The molecule has 1 rings (SSSR count). The van der Waals surface area contributed by atoms with E-state index in [1.54, 1.807) is 0 Å². The van der Waals surface area contributed by atoms with Gasteiger partial charge in [0, 0.05) is 11.8 Å². The minimum absolute atomic E-state index is 0.609. The van der Waals surface area contributed by atoms with Crippen LogP contribution in [0.5, 0.6) is 0 Å². The standard InChI is InChI=1S/C15H25NS/c1-4-13-7-9-14(10-8-13)11-15(16-5-2)12-17-6-3/h7-10,15-16H,4-6,11-12H2,1-3H3. The van der Waals surface area contributed by atoms with Crippen molar-refractivity contribution in [2.24, 2.45) is 0 Å². The minimum atomic E-state index is 0.609. The minimum Gasteiger partial charge on any atom is -0.313 e. The van der Waals surface area contributed by atoms with Crippen LogP contribution in [-0.2, 0) is 12.8 Å². The van der Waals surface area contributed by atoms with Crippen LogP contribution in [0.3, 0.4) is 0 Å². The van der Waals surface area contributed by atoms with Crippen LogP contribution in [0.25, 0.3) is 0 Å². The molecule has 0 aromatic heterocycles. The van der Waals surface area contributed by atoms with Crippen molar-refractivity contribution in [1.29, 1.82) is 0 Å². The van der Waals surface area contributed by atoms with E-state index in [2.05, 4.69) is 50.4 Å². The van der Waals surface area contributed by atoms with Crippen molar-refractivity contribution in [1.82, 2.24) is 5.32 Å². The zero-order valence-corrected chi connectivity index (χ0v) is 12.1. The van der Waals surface area contributed by atoms with E-state index in [0.29, 0.717) is 6.04 Å². The van der Waals surface area contributed by atoms with E-state index >= 15 is 0 Å². The maximum atomic E-state index is 3.57. The molecule has 1 nitrogen and oxygen atoms in total. The molecule has 1 atom stereocenters. The first-order chi connectivity index (χ1) is 8.30. The molecule has 1 N–H and O–H groups in total. The van der Waals surface area contributed by atoms with Crippen LogP contribution in [-0.4, -0.2) is 24.1 Å². The molecule has 0 aliphatic heterocycles. The average molecular weight is 251 g/mol. The average Bonchev–Trinajstić information content (AvgIpc) is 2.37. The Morgan fingerprint density at radius 2 is 1.71 bits per heavy atom. The predicted octanol–water partition coefficient (Wildman–Crippen LogP) is 3.52. The Balaban J connectivity index is 2.51. The summed E-state index contributed by atoms with van der Waals surface area (Å²) in [5, 5.41) is 3.57. The maximum Gasteiger partial charge on any atom is 0.0198 e. The van der Waals surface area contributed by atoms with Gasteiger partial charge in [-0.3, -0.25) is 0 Å². The van der Waals surface area contributed by atoms with Gasteiger partial charge in [0.15, 0.2) is 0 Å². The molecule has 0 aliphatic rings. The normalized spacial score (nSPS) is 12.6. The molecule has 1 unspecified atom stereocenters. The second kappa shape index (κ2) is 8.60. The Morgan fingerprint density at radius 3 is 2.24 bits per heavy atom. The number of benzene rings is 1. The summed E-state index contributed by atoms with van der Waals surface area (Å²) in [6.07, 6.45) is 2.27. The molecule has 0 radical (unpaired) electrons. The van der Waals surface area contributed by atoms with E-state index in [4.69, 9.17) is 0 Å². The van der Waals surface area contributed by atoms with E-state index in [9.17, 15) is 0 Å². The molecule has 0 aliphatic carbocycles. The highest BCUT2D eigenvalue weighted by Gasteiger charge is 2.07. The largest absolute Gasteiger partial charge is 0.313 e. The highest BCUT2D eigenvalue weighted by Crippen LogP contribution is 2.11. The first-order valence-electron chi connectivity index (χ1n) is 6.69. The molecule has 96 valence electrons. The molecular formula is C15H25NS. The summed E-state index contributed by atoms with van der Waals surface area (Å²) >= 11 is 2.02. The molecule has 17 heavy (non-hydrogen) atoms. The highest BCUT2D eigenvalue weighted by atomic mass is 32.2. The second-order valence-electron chi connectivity index (χ2n) is 4.29. The van der Waals surface area contributed by atoms with Crippen LogP contribution in [0.15, 0.2) is 24.3 Å². The van der Waals surface area contributed by atoms with E-state index in [-0.39, 0.29) is 0 Å². The van der Waals surface area contributed by atoms with Crippen LogP contribution in [0.1, 0.15) is 31.9 Å². The van der Waals surface area contributed by atoms with Gasteiger partial charge in [0.2, 0.25) is 0 Å². The van der Waals surface area contributed by atoms with Crippen LogP contribution in [0.2, 0.25) is 0 Å². The summed E-state index contributed by atoms with van der Waals surface area (Å²) in [4.78, 5) is 0. The van der Waals surface area contributed by atoms with Gasteiger partial charge in [-0.15, -0.1) is 0 Å². The van der Waals surface area contributed by atoms with E-state index < -0.39 is 0 Å². The first kappa shape index (κ1) is 14.6. The maximum absolute atomic E-state index is 3.57. The van der Waals surface area contributed by atoms with Gasteiger partial charge in [-0.2, -0.15) is 11.8 Å². The molecular weight excluding hydrogens is 226 g/mol. The van der Waals surface area contributed by atoms with Crippen molar-refractivity contribution < 1.29 is 0 Å². The number of thioether (sulfide) groups is 1. The molecule has 1 aromatic rings. The van der Waals surface area contributed by atoms with Gasteiger partial charge in [0.1, 0.15) is 0 Å². The lowest BCUT2D eigenvalue weighted by atomic mass is 10.0. The van der Waals surface area contributed by atoms with E-state index in [0.717, 1.165) is 19.4 Å². The summed E-state index contributed by atoms with van der Waals surface area (Å²) in [5.74, 6) is 2.41. The number of rotatable bonds is 8. The van der Waals surface area contributed by atoms with Crippen molar-refractivity contribution in [3.05, 3.63) is 35.4 Å². The fraction of sp³-hybridized carbons (Fsp3) is 0.600. The third kappa shape index (κ3) is 5.60. The predicted molar refractivity (Wildman–Crippen MR) is 80.0 cm³/mol. The molecule has 0 bridgehead atoms. The zero-order valence-electron chi connectivity index (χ0n) is 11.3. The second-order valence-corrected chi connectivity index (χ2v) is 5.61. The van der Waals surface area contributed by atoms with Crippen LogP contribution in [0.4, 0.5) is 0 Å². The van der Waals surface area contributed by atoms with Crippen LogP contribution in [0, 0.1) is 0 Å². The lowest BCUT2D eigenvalue weighted by Crippen LogP contribution is -2.33. The molecule has 0 heterocycles. The molecule has 0 amide bonds. The SMILES string of the molecule is CCNC(CSCC)Cc1ccc(CC)cc1. The van der Waals surface area contributed by atoms with Crippen molar-refractivity contribution in [3.63, 3.8) is 0 Å². The highest BCUT2D eigenvalue weighted by molar-refractivity contribution is 7.99. The Hall–Kier alpha value is -0.470. The summed E-state index contributed by atoms with van der Waals surface area (Å²) in [5.41, 5.74) is 2.88. The van der Waals surface area contributed by atoms with Gasteiger partial charge in [-0.25, -0.2) is 0 Å². The van der Waals surface area contributed by atoms with Crippen LogP contribution < -0.4 is 5.32 Å². The summed E-state index contributed by atoms with van der Waals surface area (Å²) in [6.45, 7) is 7.67. The van der Waals surface area contributed by atoms with Gasteiger partial charge in [-0.05, 0) is 36.3 Å². The molecule has 0 spiro atoms. The number of aryl methyl sites for hydroxylation is 1. The van der Waals surface area contributed by atoms with Gasteiger partial charge in [-0.1, -0.05) is 45.0 Å². The van der Waals surface area contributed by atoms with Crippen molar-refractivity contribution in [2.45, 2.75) is 39.7 Å². The van der Waals surface area contributed by atoms with Crippen molar-refractivity contribution in [2.75, 3.05) is 18.1 Å². The quantitative estimate of drug-likeness (QED) is 0.758. The third-order valence-electron chi connectivity index (χ3n) is 2.93. The Bertz CT molecular complexity index is 294. The lowest BCUT2D eigenvalue weighted by Gasteiger charge is -2.17. The van der Waals surface area contributed by atoms with Gasteiger partial charge >= 0.3 is 0 Å². The van der Waals surface area contributed by atoms with E-state index in [1.165, 1.54) is 22.6 Å².